The van der Waals surface area contributed by atoms with E-state index in [0.29, 0.717) is 0 Å². The van der Waals surface area contributed by atoms with Crippen molar-refractivity contribution in [3.8, 4) is 0 Å². The van der Waals surface area contributed by atoms with Gasteiger partial charge >= 0.3 is 0 Å². The van der Waals surface area contributed by atoms with Crippen LogP contribution in [-0.4, -0.2) is 43.8 Å². The molecule has 1 aromatic rings. The van der Waals surface area contributed by atoms with Crippen LogP contribution in [0.1, 0.15) is 24.8 Å². The van der Waals surface area contributed by atoms with Crippen molar-refractivity contribution in [2.45, 2.75) is 26.0 Å². The van der Waals surface area contributed by atoms with Crippen molar-refractivity contribution in [3.63, 3.8) is 0 Å². The van der Waals surface area contributed by atoms with E-state index in [1.165, 1.54) is 4.88 Å². The SMILES string of the molecule is CCNC(c1ccc(Cl)s1)C1CN(CC)CCO1. The van der Waals surface area contributed by atoms with Crippen LogP contribution < -0.4 is 5.32 Å². The van der Waals surface area contributed by atoms with E-state index in [2.05, 4.69) is 30.1 Å². The monoisotopic (exact) mass is 288 g/mol. The summed E-state index contributed by atoms with van der Waals surface area (Å²) in [5.41, 5.74) is 0. The summed E-state index contributed by atoms with van der Waals surface area (Å²) in [4.78, 5) is 3.71. The molecule has 1 aliphatic heterocycles. The minimum Gasteiger partial charge on any atom is -0.374 e. The minimum absolute atomic E-state index is 0.216. The Hall–Kier alpha value is -0.130. The van der Waals surface area contributed by atoms with Crippen molar-refractivity contribution in [2.24, 2.45) is 0 Å². The summed E-state index contributed by atoms with van der Waals surface area (Å²) >= 11 is 7.68. The quantitative estimate of drug-likeness (QED) is 0.902. The fraction of sp³-hybridized carbons (Fsp3) is 0.692. The molecule has 102 valence electrons. The Morgan fingerprint density at radius 2 is 2.39 bits per heavy atom. The van der Waals surface area contributed by atoms with E-state index in [1.54, 1.807) is 11.3 Å². The average molecular weight is 289 g/mol. The standard InChI is InChI=1S/C13H21ClN2OS/c1-3-15-13(11-5-6-12(14)18-11)10-9-16(4-2)7-8-17-10/h5-6,10,13,15H,3-4,7-9H2,1-2H3. The molecule has 1 aliphatic rings. The van der Waals surface area contributed by atoms with Crippen molar-refractivity contribution < 1.29 is 4.74 Å². The van der Waals surface area contributed by atoms with Crippen LogP contribution in [0.2, 0.25) is 4.34 Å². The predicted molar refractivity (Wildman–Crippen MR) is 77.6 cm³/mol. The van der Waals surface area contributed by atoms with Gasteiger partial charge in [-0.05, 0) is 25.2 Å². The fourth-order valence-electron chi connectivity index (χ4n) is 2.35. The third-order valence-corrected chi connectivity index (χ3v) is 4.64. The van der Waals surface area contributed by atoms with Crippen LogP contribution >= 0.6 is 22.9 Å². The summed E-state index contributed by atoms with van der Waals surface area (Å²) in [6, 6.07) is 4.32. The van der Waals surface area contributed by atoms with Crippen molar-refractivity contribution in [1.29, 1.82) is 0 Å². The second kappa shape index (κ2) is 6.87. The number of rotatable bonds is 5. The molecule has 0 saturated carbocycles. The zero-order valence-corrected chi connectivity index (χ0v) is 12.6. The summed E-state index contributed by atoms with van der Waals surface area (Å²) in [6.45, 7) is 9.20. The molecule has 0 spiro atoms. The van der Waals surface area contributed by atoms with Gasteiger partial charge in [-0.1, -0.05) is 25.4 Å². The Kier molecular flexibility index (Phi) is 5.45. The molecule has 0 aromatic carbocycles. The maximum atomic E-state index is 6.04. The van der Waals surface area contributed by atoms with E-state index in [0.717, 1.165) is 37.1 Å². The molecule has 3 nitrogen and oxygen atoms in total. The maximum absolute atomic E-state index is 6.04. The number of hydrogen-bond donors (Lipinski definition) is 1. The minimum atomic E-state index is 0.216. The first kappa shape index (κ1) is 14.3. The van der Waals surface area contributed by atoms with Gasteiger partial charge in [0.05, 0.1) is 23.1 Å². The van der Waals surface area contributed by atoms with Crippen LogP contribution in [0.25, 0.3) is 0 Å². The molecule has 1 saturated heterocycles. The second-order valence-electron chi connectivity index (χ2n) is 4.48. The Balaban J connectivity index is 2.09. The smallest absolute Gasteiger partial charge is 0.0931 e. The van der Waals surface area contributed by atoms with Gasteiger partial charge in [-0.15, -0.1) is 11.3 Å². The number of nitrogens with one attached hydrogen (secondary N) is 1. The van der Waals surface area contributed by atoms with E-state index in [9.17, 15) is 0 Å². The third kappa shape index (κ3) is 3.45. The van der Waals surface area contributed by atoms with Crippen molar-refractivity contribution in [1.82, 2.24) is 10.2 Å². The molecule has 0 bridgehead atoms. The molecule has 2 rings (SSSR count). The summed E-state index contributed by atoms with van der Waals surface area (Å²) in [7, 11) is 0. The zero-order valence-electron chi connectivity index (χ0n) is 11.0. The van der Waals surface area contributed by atoms with E-state index < -0.39 is 0 Å². The van der Waals surface area contributed by atoms with Gasteiger partial charge in [0, 0.05) is 18.0 Å². The highest BCUT2D eigenvalue weighted by Crippen LogP contribution is 2.30. The Bertz CT molecular complexity index is 372. The molecule has 2 heterocycles. The van der Waals surface area contributed by atoms with Gasteiger partial charge in [0.2, 0.25) is 0 Å². The molecule has 1 fully saturated rings. The number of likely N-dealkylation sites (N-methyl/N-ethyl adjacent to an activating group) is 2. The lowest BCUT2D eigenvalue weighted by Gasteiger charge is -2.36. The topological polar surface area (TPSA) is 24.5 Å². The largest absolute Gasteiger partial charge is 0.374 e. The normalized spacial score (nSPS) is 23.2. The van der Waals surface area contributed by atoms with Crippen LogP contribution in [0.15, 0.2) is 12.1 Å². The molecule has 1 N–H and O–H groups in total. The van der Waals surface area contributed by atoms with Crippen molar-refractivity contribution >= 4 is 22.9 Å². The maximum Gasteiger partial charge on any atom is 0.0931 e. The van der Waals surface area contributed by atoms with Crippen LogP contribution in [0.5, 0.6) is 0 Å². The van der Waals surface area contributed by atoms with Crippen LogP contribution in [0.4, 0.5) is 0 Å². The highest BCUT2D eigenvalue weighted by Gasteiger charge is 2.29. The van der Waals surface area contributed by atoms with E-state index in [-0.39, 0.29) is 12.1 Å². The molecular formula is C13H21ClN2OS. The summed E-state index contributed by atoms with van der Waals surface area (Å²) in [5, 5.41) is 3.53. The fourth-order valence-corrected chi connectivity index (χ4v) is 3.54. The lowest BCUT2D eigenvalue weighted by atomic mass is 10.1. The summed E-state index contributed by atoms with van der Waals surface area (Å²) in [6.07, 6.45) is 0.216. The number of halogens is 1. The first-order valence-electron chi connectivity index (χ1n) is 6.57. The number of hydrogen-bond acceptors (Lipinski definition) is 4. The van der Waals surface area contributed by atoms with Gasteiger partial charge in [0.15, 0.2) is 0 Å². The highest BCUT2D eigenvalue weighted by atomic mass is 35.5. The van der Waals surface area contributed by atoms with Gasteiger partial charge in [-0.3, -0.25) is 4.90 Å². The lowest BCUT2D eigenvalue weighted by Crippen LogP contribution is -2.47. The lowest BCUT2D eigenvalue weighted by molar-refractivity contribution is -0.0447. The van der Waals surface area contributed by atoms with Gasteiger partial charge in [0.25, 0.3) is 0 Å². The number of thiophene rings is 1. The molecular weight excluding hydrogens is 268 g/mol. The average Bonchev–Trinajstić information content (AvgIpc) is 2.82. The Labute approximate surface area is 118 Å². The van der Waals surface area contributed by atoms with E-state index >= 15 is 0 Å². The zero-order chi connectivity index (χ0) is 13.0. The molecule has 5 heteroatoms. The van der Waals surface area contributed by atoms with Gasteiger partial charge in [0.1, 0.15) is 0 Å². The number of nitrogens with zero attached hydrogens (tertiary/aromatic N) is 1. The second-order valence-corrected chi connectivity index (χ2v) is 6.23. The van der Waals surface area contributed by atoms with Crippen LogP contribution in [-0.2, 0) is 4.74 Å². The predicted octanol–water partition coefficient (Wildman–Crippen LogP) is 2.77. The van der Waals surface area contributed by atoms with E-state index in [4.69, 9.17) is 16.3 Å². The molecule has 2 atom stereocenters. The number of ether oxygens (including phenoxy) is 1. The third-order valence-electron chi connectivity index (χ3n) is 3.32. The van der Waals surface area contributed by atoms with Crippen molar-refractivity contribution in [3.05, 3.63) is 21.3 Å². The molecule has 0 amide bonds. The van der Waals surface area contributed by atoms with Gasteiger partial charge in [-0.25, -0.2) is 0 Å². The molecule has 18 heavy (non-hydrogen) atoms. The highest BCUT2D eigenvalue weighted by molar-refractivity contribution is 7.16. The summed E-state index contributed by atoms with van der Waals surface area (Å²) in [5.74, 6) is 0. The van der Waals surface area contributed by atoms with Crippen LogP contribution in [0, 0.1) is 0 Å². The molecule has 0 aliphatic carbocycles. The number of morpholine rings is 1. The molecule has 2 unspecified atom stereocenters. The van der Waals surface area contributed by atoms with Gasteiger partial charge in [-0.2, -0.15) is 0 Å². The van der Waals surface area contributed by atoms with Crippen LogP contribution in [0.3, 0.4) is 0 Å². The summed E-state index contributed by atoms with van der Waals surface area (Å²) < 4.78 is 6.79. The first-order chi connectivity index (χ1) is 8.74. The van der Waals surface area contributed by atoms with E-state index in [1.807, 2.05) is 6.07 Å². The van der Waals surface area contributed by atoms with Gasteiger partial charge < -0.3 is 10.1 Å². The van der Waals surface area contributed by atoms with Crippen molar-refractivity contribution in [2.75, 3.05) is 32.8 Å². The molecule has 1 aromatic heterocycles. The molecule has 0 radical (unpaired) electrons. The Morgan fingerprint density at radius 3 is 3.00 bits per heavy atom. The first-order valence-corrected chi connectivity index (χ1v) is 7.76. The Morgan fingerprint density at radius 1 is 1.56 bits per heavy atom.